The van der Waals surface area contributed by atoms with E-state index in [4.69, 9.17) is 0 Å². The number of hydrogen-bond donors (Lipinski definition) is 0. The fraction of sp³-hybridized carbons (Fsp3) is 0.154. The Hall–Kier alpha value is -1.15. The van der Waals surface area contributed by atoms with Crippen LogP contribution in [0.25, 0.3) is 10.8 Å². The summed E-state index contributed by atoms with van der Waals surface area (Å²) in [5.41, 5.74) is 1.81. The largest absolute Gasteiger partial charge is 0.295 e. The lowest BCUT2D eigenvalue weighted by Gasteiger charge is -2.08. The van der Waals surface area contributed by atoms with Crippen molar-refractivity contribution in [3.8, 4) is 0 Å². The number of halogens is 1. The fourth-order valence-electron chi connectivity index (χ4n) is 1.77. The summed E-state index contributed by atoms with van der Waals surface area (Å²) in [7, 11) is 0. The first-order chi connectivity index (χ1) is 7.11. The fourth-order valence-corrected chi connectivity index (χ4v) is 2.35. The third-order valence-electron chi connectivity index (χ3n) is 2.61. The first-order valence-electron chi connectivity index (χ1n) is 4.80. The summed E-state index contributed by atoms with van der Waals surface area (Å²) >= 11 is 3.55. The van der Waals surface area contributed by atoms with Gasteiger partial charge < -0.3 is 0 Å². The summed E-state index contributed by atoms with van der Waals surface area (Å²) in [5.74, 6) is 0.110. The number of rotatable bonds is 1. The molecule has 0 N–H and O–H groups in total. The number of carbonyl (C=O) groups excluding carboxylic acids is 1. The molecule has 0 unspecified atom stereocenters. The SMILES string of the molecule is CC(=O)c1cc2ccccc2c(Br)c1C. The average Bonchev–Trinajstić information content (AvgIpc) is 2.23. The summed E-state index contributed by atoms with van der Waals surface area (Å²) in [5, 5.41) is 2.25. The monoisotopic (exact) mass is 262 g/mol. The highest BCUT2D eigenvalue weighted by atomic mass is 79.9. The molecule has 2 heteroatoms. The van der Waals surface area contributed by atoms with E-state index in [-0.39, 0.29) is 5.78 Å². The molecule has 0 bridgehead atoms. The normalized spacial score (nSPS) is 10.6. The van der Waals surface area contributed by atoms with E-state index >= 15 is 0 Å². The maximum atomic E-state index is 11.4. The van der Waals surface area contributed by atoms with Crippen LogP contribution in [0.1, 0.15) is 22.8 Å². The highest BCUT2D eigenvalue weighted by molar-refractivity contribution is 9.10. The molecule has 0 aromatic heterocycles. The molecule has 0 atom stereocenters. The van der Waals surface area contributed by atoms with Crippen molar-refractivity contribution in [3.05, 3.63) is 45.9 Å². The zero-order valence-corrected chi connectivity index (χ0v) is 10.3. The summed E-state index contributed by atoms with van der Waals surface area (Å²) in [6.07, 6.45) is 0. The molecule has 0 saturated carbocycles. The third-order valence-corrected chi connectivity index (χ3v) is 3.63. The first-order valence-corrected chi connectivity index (χ1v) is 5.59. The number of Topliss-reactive ketones (excluding diaryl/α,β-unsaturated/α-hetero) is 1. The van der Waals surface area contributed by atoms with Crippen molar-refractivity contribution in [2.24, 2.45) is 0 Å². The van der Waals surface area contributed by atoms with E-state index in [1.54, 1.807) is 6.92 Å². The maximum absolute atomic E-state index is 11.4. The van der Waals surface area contributed by atoms with Crippen LogP contribution in [0.15, 0.2) is 34.8 Å². The molecule has 0 saturated heterocycles. The van der Waals surface area contributed by atoms with Gasteiger partial charge in [-0.3, -0.25) is 4.79 Å². The molecule has 0 fully saturated rings. The van der Waals surface area contributed by atoms with E-state index in [0.717, 1.165) is 26.4 Å². The van der Waals surface area contributed by atoms with Crippen LogP contribution in [0.5, 0.6) is 0 Å². The second-order valence-corrected chi connectivity index (χ2v) is 4.43. The third kappa shape index (κ3) is 1.70. The lowest BCUT2D eigenvalue weighted by atomic mass is 10.00. The molecular formula is C13H11BrO. The van der Waals surface area contributed by atoms with Crippen LogP contribution in [0.2, 0.25) is 0 Å². The average molecular weight is 263 g/mol. The lowest BCUT2D eigenvalue weighted by Crippen LogP contribution is -1.97. The van der Waals surface area contributed by atoms with Crippen molar-refractivity contribution in [2.45, 2.75) is 13.8 Å². The van der Waals surface area contributed by atoms with Gasteiger partial charge in [0.2, 0.25) is 0 Å². The predicted molar refractivity (Wildman–Crippen MR) is 66.4 cm³/mol. The number of hydrogen-bond acceptors (Lipinski definition) is 1. The quantitative estimate of drug-likeness (QED) is 0.707. The molecule has 0 heterocycles. The Balaban J connectivity index is 2.88. The molecule has 0 aliphatic rings. The van der Waals surface area contributed by atoms with Crippen LogP contribution in [0, 0.1) is 6.92 Å². The van der Waals surface area contributed by atoms with Gasteiger partial charge in [0.25, 0.3) is 0 Å². The Morgan fingerprint density at radius 2 is 1.93 bits per heavy atom. The highest BCUT2D eigenvalue weighted by Gasteiger charge is 2.10. The Bertz CT molecular complexity index is 543. The van der Waals surface area contributed by atoms with E-state index in [1.165, 1.54) is 0 Å². The minimum Gasteiger partial charge on any atom is -0.295 e. The number of benzene rings is 2. The van der Waals surface area contributed by atoms with Crippen LogP contribution in [0.3, 0.4) is 0 Å². The molecule has 0 radical (unpaired) electrons. The van der Waals surface area contributed by atoms with Crippen molar-refractivity contribution in [2.75, 3.05) is 0 Å². The molecular weight excluding hydrogens is 252 g/mol. The Morgan fingerprint density at radius 3 is 2.60 bits per heavy atom. The molecule has 0 spiro atoms. The topological polar surface area (TPSA) is 17.1 Å². The minimum atomic E-state index is 0.110. The Morgan fingerprint density at radius 1 is 1.27 bits per heavy atom. The second-order valence-electron chi connectivity index (χ2n) is 3.64. The van der Waals surface area contributed by atoms with E-state index in [1.807, 2.05) is 31.2 Å². The minimum absolute atomic E-state index is 0.110. The van der Waals surface area contributed by atoms with Crippen molar-refractivity contribution in [1.29, 1.82) is 0 Å². The van der Waals surface area contributed by atoms with Crippen molar-refractivity contribution in [3.63, 3.8) is 0 Å². The van der Waals surface area contributed by atoms with Gasteiger partial charge in [-0.15, -0.1) is 0 Å². The number of fused-ring (bicyclic) bond motifs is 1. The van der Waals surface area contributed by atoms with Crippen molar-refractivity contribution in [1.82, 2.24) is 0 Å². The Kier molecular flexibility index (Phi) is 2.61. The van der Waals surface area contributed by atoms with Gasteiger partial charge >= 0.3 is 0 Å². The summed E-state index contributed by atoms with van der Waals surface area (Å²) in [4.78, 5) is 11.4. The van der Waals surface area contributed by atoms with Crippen LogP contribution >= 0.6 is 15.9 Å². The van der Waals surface area contributed by atoms with Crippen LogP contribution < -0.4 is 0 Å². The molecule has 1 nitrogen and oxygen atoms in total. The van der Waals surface area contributed by atoms with E-state index < -0.39 is 0 Å². The van der Waals surface area contributed by atoms with Gasteiger partial charge in [-0.25, -0.2) is 0 Å². The molecule has 2 aromatic rings. The van der Waals surface area contributed by atoms with Gasteiger partial charge in [0.15, 0.2) is 5.78 Å². The van der Waals surface area contributed by atoms with Gasteiger partial charge in [-0.05, 0) is 52.2 Å². The molecule has 2 aromatic carbocycles. The zero-order chi connectivity index (χ0) is 11.0. The van der Waals surface area contributed by atoms with E-state index in [9.17, 15) is 4.79 Å². The van der Waals surface area contributed by atoms with E-state index in [0.29, 0.717) is 0 Å². The van der Waals surface area contributed by atoms with Crippen LogP contribution in [-0.2, 0) is 0 Å². The van der Waals surface area contributed by atoms with Gasteiger partial charge in [-0.1, -0.05) is 24.3 Å². The van der Waals surface area contributed by atoms with Crippen LogP contribution in [-0.4, -0.2) is 5.78 Å². The molecule has 15 heavy (non-hydrogen) atoms. The van der Waals surface area contributed by atoms with Crippen molar-refractivity contribution >= 4 is 32.5 Å². The van der Waals surface area contributed by atoms with Gasteiger partial charge in [-0.2, -0.15) is 0 Å². The van der Waals surface area contributed by atoms with Gasteiger partial charge in [0.05, 0.1) is 0 Å². The lowest BCUT2D eigenvalue weighted by molar-refractivity contribution is 0.101. The standard InChI is InChI=1S/C13H11BrO/c1-8-12(9(2)15)7-10-5-3-4-6-11(10)13(8)14/h3-7H,1-2H3. The maximum Gasteiger partial charge on any atom is 0.160 e. The highest BCUT2D eigenvalue weighted by Crippen LogP contribution is 2.30. The molecule has 2 rings (SSSR count). The number of ketones is 1. The molecule has 0 aliphatic carbocycles. The van der Waals surface area contributed by atoms with Gasteiger partial charge in [0, 0.05) is 10.0 Å². The smallest absolute Gasteiger partial charge is 0.160 e. The molecule has 0 aliphatic heterocycles. The predicted octanol–water partition coefficient (Wildman–Crippen LogP) is 4.11. The summed E-state index contributed by atoms with van der Waals surface area (Å²) < 4.78 is 1.02. The van der Waals surface area contributed by atoms with Crippen molar-refractivity contribution < 1.29 is 4.79 Å². The second kappa shape index (κ2) is 3.78. The zero-order valence-electron chi connectivity index (χ0n) is 8.67. The summed E-state index contributed by atoms with van der Waals surface area (Å²) in [6, 6.07) is 10.0. The first kappa shape index (κ1) is 10.4. The number of carbonyl (C=O) groups is 1. The van der Waals surface area contributed by atoms with Crippen LogP contribution in [0.4, 0.5) is 0 Å². The van der Waals surface area contributed by atoms with Gasteiger partial charge in [0.1, 0.15) is 0 Å². The molecule has 76 valence electrons. The summed E-state index contributed by atoms with van der Waals surface area (Å²) in [6.45, 7) is 3.57. The Labute approximate surface area is 97.2 Å². The molecule has 0 amide bonds. The van der Waals surface area contributed by atoms with E-state index in [2.05, 4.69) is 22.0 Å².